The van der Waals surface area contributed by atoms with Crippen molar-refractivity contribution in [3.8, 4) is 11.5 Å². The minimum atomic E-state index is -0.856. The van der Waals surface area contributed by atoms with E-state index in [9.17, 15) is 15.0 Å². The standard InChI is InChI=1S/C16H23NO3.BrH/c1-3-4-5-10(2)16(17)9-8-11-12(15(16)20)6-7-13(18)14(11)19;/h6-7,10,18-19H,3-5,8-9,17H2,1-2H3;1H. The molecule has 2 unspecified atom stereocenters. The molecule has 0 saturated heterocycles. The summed E-state index contributed by atoms with van der Waals surface area (Å²) < 4.78 is 0. The van der Waals surface area contributed by atoms with Gasteiger partial charge < -0.3 is 15.9 Å². The van der Waals surface area contributed by atoms with E-state index in [-0.39, 0.29) is 40.2 Å². The lowest BCUT2D eigenvalue weighted by Gasteiger charge is -2.38. The van der Waals surface area contributed by atoms with Crippen LogP contribution in [0.4, 0.5) is 0 Å². The zero-order valence-electron chi connectivity index (χ0n) is 12.6. The lowest BCUT2D eigenvalue weighted by molar-refractivity contribution is 0.0795. The monoisotopic (exact) mass is 357 g/mol. The van der Waals surface area contributed by atoms with Gasteiger partial charge in [-0.1, -0.05) is 26.7 Å². The number of fused-ring (bicyclic) bond motifs is 1. The van der Waals surface area contributed by atoms with Crippen molar-refractivity contribution in [3.63, 3.8) is 0 Å². The minimum Gasteiger partial charge on any atom is -0.504 e. The summed E-state index contributed by atoms with van der Waals surface area (Å²) in [4.78, 5) is 12.7. The zero-order chi connectivity index (χ0) is 14.9. The number of nitrogens with two attached hydrogens (primary N) is 1. The number of hydrogen-bond donors (Lipinski definition) is 3. The smallest absolute Gasteiger partial charge is 0.183 e. The molecule has 118 valence electrons. The first kappa shape index (κ1) is 18.0. The van der Waals surface area contributed by atoms with Gasteiger partial charge in [-0.15, -0.1) is 17.0 Å². The van der Waals surface area contributed by atoms with E-state index in [1.165, 1.54) is 6.07 Å². The van der Waals surface area contributed by atoms with E-state index in [2.05, 4.69) is 6.92 Å². The van der Waals surface area contributed by atoms with Gasteiger partial charge in [0.1, 0.15) is 0 Å². The number of hydrogen-bond acceptors (Lipinski definition) is 4. The molecule has 0 fully saturated rings. The van der Waals surface area contributed by atoms with Gasteiger partial charge in [0.05, 0.1) is 5.54 Å². The van der Waals surface area contributed by atoms with E-state index < -0.39 is 5.54 Å². The Kier molecular flexibility index (Phi) is 5.82. The van der Waals surface area contributed by atoms with Crippen molar-refractivity contribution in [1.82, 2.24) is 0 Å². The number of carbonyl (C=O) groups excluding carboxylic acids is 1. The normalized spacial score (nSPS) is 22.3. The first-order chi connectivity index (χ1) is 9.41. The van der Waals surface area contributed by atoms with Crippen LogP contribution in [0.15, 0.2) is 12.1 Å². The van der Waals surface area contributed by atoms with Crippen molar-refractivity contribution >= 4 is 22.8 Å². The molecule has 4 N–H and O–H groups in total. The van der Waals surface area contributed by atoms with Crippen LogP contribution in [0.5, 0.6) is 11.5 Å². The molecule has 2 atom stereocenters. The van der Waals surface area contributed by atoms with Crippen molar-refractivity contribution in [2.45, 2.75) is 51.5 Å². The molecule has 0 aliphatic heterocycles. The highest BCUT2D eigenvalue weighted by Gasteiger charge is 2.43. The highest BCUT2D eigenvalue weighted by molar-refractivity contribution is 8.93. The average molecular weight is 358 g/mol. The van der Waals surface area contributed by atoms with E-state index in [1.54, 1.807) is 6.07 Å². The maximum atomic E-state index is 12.7. The summed E-state index contributed by atoms with van der Waals surface area (Å²) in [5, 5.41) is 19.4. The largest absolute Gasteiger partial charge is 0.504 e. The topological polar surface area (TPSA) is 83.6 Å². The predicted octanol–water partition coefficient (Wildman–Crippen LogP) is 3.33. The number of rotatable bonds is 4. The second-order valence-corrected chi connectivity index (χ2v) is 5.87. The zero-order valence-corrected chi connectivity index (χ0v) is 14.3. The van der Waals surface area contributed by atoms with Crippen molar-refractivity contribution in [3.05, 3.63) is 23.3 Å². The molecule has 0 radical (unpaired) electrons. The summed E-state index contributed by atoms with van der Waals surface area (Å²) in [6.45, 7) is 4.15. The van der Waals surface area contributed by atoms with Gasteiger partial charge in [-0.25, -0.2) is 0 Å². The molecule has 1 aromatic carbocycles. The molecule has 1 aromatic rings. The molecule has 21 heavy (non-hydrogen) atoms. The van der Waals surface area contributed by atoms with Crippen LogP contribution in [0, 0.1) is 5.92 Å². The lowest BCUT2D eigenvalue weighted by Crippen LogP contribution is -2.55. The van der Waals surface area contributed by atoms with Crippen LogP contribution in [-0.2, 0) is 6.42 Å². The Morgan fingerprint density at radius 2 is 2.05 bits per heavy atom. The third-order valence-electron chi connectivity index (χ3n) is 4.59. The molecule has 1 aliphatic carbocycles. The maximum absolute atomic E-state index is 12.7. The van der Waals surface area contributed by atoms with Gasteiger partial charge in [0.2, 0.25) is 0 Å². The number of carbonyl (C=O) groups is 1. The highest BCUT2D eigenvalue weighted by atomic mass is 79.9. The van der Waals surface area contributed by atoms with Crippen molar-refractivity contribution < 1.29 is 15.0 Å². The van der Waals surface area contributed by atoms with Crippen molar-refractivity contribution in [2.24, 2.45) is 11.7 Å². The first-order valence-electron chi connectivity index (χ1n) is 7.29. The second kappa shape index (κ2) is 6.79. The Morgan fingerprint density at radius 1 is 1.38 bits per heavy atom. The minimum absolute atomic E-state index is 0. The SMILES string of the molecule is Br.CCCCC(C)C1(N)CCc2c(ccc(O)c2O)C1=O. The van der Waals surface area contributed by atoms with Crippen molar-refractivity contribution in [1.29, 1.82) is 0 Å². The number of unbranched alkanes of at least 4 members (excludes halogenated alkanes) is 1. The maximum Gasteiger partial charge on any atom is 0.183 e. The van der Waals surface area contributed by atoms with Crippen LogP contribution >= 0.6 is 17.0 Å². The molecule has 0 amide bonds. The van der Waals surface area contributed by atoms with Crippen LogP contribution < -0.4 is 5.73 Å². The van der Waals surface area contributed by atoms with E-state index in [0.29, 0.717) is 24.0 Å². The predicted molar refractivity (Wildman–Crippen MR) is 88.4 cm³/mol. The Labute approximate surface area is 136 Å². The molecule has 5 heteroatoms. The van der Waals surface area contributed by atoms with Gasteiger partial charge in [0, 0.05) is 11.1 Å². The molecule has 0 spiro atoms. The third-order valence-corrected chi connectivity index (χ3v) is 4.59. The van der Waals surface area contributed by atoms with Crippen LogP contribution in [0.25, 0.3) is 0 Å². The van der Waals surface area contributed by atoms with Gasteiger partial charge in [-0.05, 0) is 37.3 Å². The van der Waals surface area contributed by atoms with Gasteiger partial charge in [-0.3, -0.25) is 4.79 Å². The van der Waals surface area contributed by atoms with E-state index in [1.807, 2.05) is 6.92 Å². The van der Waals surface area contributed by atoms with Gasteiger partial charge in [0.25, 0.3) is 0 Å². The van der Waals surface area contributed by atoms with Gasteiger partial charge in [0.15, 0.2) is 17.3 Å². The average Bonchev–Trinajstić information content (AvgIpc) is 2.44. The van der Waals surface area contributed by atoms with Gasteiger partial charge in [-0.2, -0.15) is 0 Å². The molecule has 0 bridgehead atoms. The Balaban J connectivity index is 0.00000220. The fourth-order valence-electron chi connectivity index (χ4n) is 3.02. The summed E-state index contributed by atoms with van der Waals surface area (Å²) in [5.41, 5.74) is 6.52. The first-order valence-corrected chi connectivity index (χ1v) is 7.29. The van der Waals surface area contributed by atoms with Crippen LogP contribution in [0.1, 0.15) is 55.5 Å². The number of aromatic hydroxyl groups is 2. The molecule has 4 nitrogen and oxygen atoms in total. The molecule has 1 aliphatic rings. The van der Waals surface area contributed by atoms with E-state index >= 15 is 0 Å². The molecular weight excluding hydrogens is 334 g/mol. The number of benzene rings is 1. The molecule has 0 saturated carbocycles. The lowest BCUT2D eigenvalue weighted by atomic mass is 9.69. The van der Waals surface area contributed by atoms with Crippen LogP contribution in [-0.4, -0.2) is 21.5 Å². The Hall–Kier alpha value is -1.07. The number of phenols is 2. The molecule has 0 heterocycles. The summed E-state index contributed by atoms with van der Waals surface area (Å²) in [5.74, 6) is -0.365. The molecular formula is C16H24BrNO3. The molecule has 0 aromatic heterocycles. The Morgan fingerprint density at radius 3 is 2.67 bits per heavy atom. The second-order valence-electron chi connectivity index (χ2n) is 5.87. The van der Waals surface area contributed by atoms with Crippen LogP contribution in [0.2, 0.25) is 0 Å². The summed E-state index contributed by atoms with van der Waals surface area (Å²) >= 11 is 0. The number of halogens is 1. The van der Waals surface area contributed by atoms with Crippen molar-refractivity contribution in [2.75, 3.05) is 0 Å². The van der Waals surface area contributed by atoms with Crippen LogP contribution in [0.3, 0.4) is 0 Å². The van der Waals surface area contributed by atoms with E-state index in [0.717, 1.165) is 19.3 Å². The third kappa shape index (κ3) is 3.09. The quantitative estimate of drug-likeness (QED) is 0.721. The highest BCUT2D eigenvalue weighted by Crippen LogP contribution is 2.40. The summed E-state index contributed by atoms with van der Waals surface area (Å²) in [7, 11) is 0. The Bertz CT molecular complexity index is 532. The fourth-order valence-corrected chi connectivity index (χ4v) is 3.02. The van der Waals surface area contributed by atoms with Gasteiger partial charge >= 0.3 is 0 Å². The number of ketones is 1. The summed E-state index contributed by atoms with van der Waals surface area (Å²) in [6, 6.07) is 2.93. The summed E-state index contributed by atoms with van der Waals surface area (Å²) in [6.07, 6.45) is 4.11. The molecule has 2 rings (SSSR count). The number of phenolic OH excluding ortho intramolecular Hbond substituents is 2. The number of Topliss-reactive ketones (excluding diaryl/α,β-unsaturated/α-hetero) is 1. The fraction of sp³-hybridized carbons (Fsp3) is 0.562. The van der Waals surface area contributed by atoms with E-state index in [4.69, 9.17) is 5.73 Å².